The average molecular weight is 501 g/mol. The number of amides is 1. The normalized spacial score (nSPS) is 12.0. The van der Waals surface area contributed by atoms with Crippen LogP contribution in [-0.2, 0) is 20.8 Å². The Morgan fingerprint density at radius 1 is 1.05 bits per heavy atom. The zero-order valence-electron chi connectivity index (χ0n) is 20.8. The Balaban J connectivity index is 1.97. The number of hydrogen-bond acceptors (Lipinski definition) is 6. The number of ether oxygens (including phenoxy) is 2. The van der Waals surface area contributed by atoms with Gasteiger partial charge in [0.1, 0.15) is 16.9 Å². The predicted molar refractivity (Wildman–Crippen MR) is 140 cm³/mol. The van der Waals surface area contributed by atoms with Crippen LogP contribution in [0.25, 0.3) is 22.8 Å². The van der Waals surface area contributed by atoms with E-state index >= 15 is 0 Å². The largest absolute Gasteiger partial charge is 0.462 e. The van der Waals surface area contributed by atoms with Gasteiger partial charge in [-0.1, -0.05) is 36.4 Å². The van der Waals surface area contributed by atoms with Gasteiger partial charge in [0.05, 0.1) is 12.0 Å². The number of fused-ring (bicyclic) bond motifs is 2. The van der Waals surface area contributed by atoms with Gasteiger partial charge >= 0.3 is 5.97 Å². The summed E-state index contributed by atoms with van der Waals surface area (Å²) in [7, 11) is 0. The Bertz CT molecular complexity index is 1590. The molecule has 0 bridgehead atoms. The van der Waals surface area contributed by atoms with Crippen LogP contribution >= 0.6 is 0 Å². The van der Waals surface area contributed by atoms with Gasteiger partial charge in [0.2, 0.25) is 0 Å². The van der Waals surface area contributed by atoms with E-state index < -0.39 is 11.9 Å². The minimum absolute atomic E-state index is 0.0157. The topological polar surface area (TPSA) is 104 Å². The molecule has 0 N–H and O–H groups in total. The summed E-state index contributed by atoms with van der Waals surface area (Å²) in [5.74, 6) is -1.25. The Hall–Kier alpha value is -4.37. The molecule has 190 valence electrons. The molecule has 9 heteroatoms. The van der Waals surface area contributed by atoms with E-state index in [0.717, 1.165) is 5.56 Å². The quantitative estimate of drug-likeness (QED) is 0.151. The summed E-state index contributed by atoms with van der Waals surface area (Å²) in [6.45, 7) is 5.02. The molecule has 0 atom stereocenters. The standard InChI is InChI=1S/C28H28N4O5/c1-3-36-18-10-17-32-25-21(27(34)31-16-9-8-13-23(31)29-25)19-22(28(35)37-4-2)26(32)30-24(33)15-14-20-11-6-5-7-12-20/h5-9,11-16,19H,3-4,10,17-18H2,1-2H3. The molecule has 0 unspecified atom stereocenters. The van der Waals surface area contributed by atoms with Crippen molar-refractivity contribution >= 4 is 34.6 Å². The first-order valence-corrected chi connectivity index (χ1v) is 12.1. The molecule has 0 spiro atoms. The molecule has 0 aliphatic heterocycles. The van der Waals surface area contributed by atoms with Crippen LogP contribution in [0.5, 0.6) is 0 Å². The Kier molecular flexibility index (Phi) is 8.37. The van der Waals surface area contributed by atoms with Gasteiger partial charge in [0, 0.05) is 32.0 Å². The SMILES string of the molecule is CCOCCCn1c(=NC(=O)C=Cc2ccccc2)c(C(=O)OCC)cc2c(=O)n3ccccc3nc21. The molecule has 1 amide bonds. The fourth-order valence-electron chi connectivity index (χ4n) is 3.91. The minimum atomic E-state index is -0.681. The van der Waals surface area contributed by atoms with Crippen LogP contribution in [0.15, 0.2) is 76.7 Å². The number of aromatic nitrogens is 3. The Labute approximate surface area is 213 Å². The second-order valence-corrected chi connectivity index (χ2v) is 8.08. The average Bonchev–Trinajstić information content (AvgIpc) is 2.91. The maximum absolute atomic E-state index is 13.4. The van der Waals surface area contributed by atoms with Crippen LogP contribution in [0, 0.1) is 0 Å². The fourth-order valence-corrected chi connectivity index (χ4v) is 3.91. The van der Waals surface area contributed by atoms with Crippen molar-refractivity contribution in [3.8, 4) is 0 Å². The number of nitrogens with zero attached hydrogens (tertiary/aromatic N) is 4. The highest BCUT2D eigenvalue weighted by molar-refractivity contribution is 5.95. The van der Waals surface area contributed by atoms with Gasteiger partial charge < -0.3 is 14.0 Å². The smallest absolute Gasteiger partial charge is 0.341 e. The molecular formula is C28H28N4O5. The number of hydrogen-bond donors (Lipinski definition) is 0. The van der Waals surface area contributed by atoms with Crippen LogP contribution in [-0.4, -0.2) is 45.6 Å². The second kappa shape index (κ2) is 12.0. The summed E-state index contributed by atoms with van der Waals surface area (Å²) in [5, 5.41) is 0.217. The van der Waals surface area contributed by atoms with E-state index in [9.17, 15) is 14.4 Å². The zero-order valence-corrected chi connectivity index (χ0v) is 20.8. The molecule has 0 saturated carbocycles. The van der Waals surface area contributed by atoms with E-state index in [1.807, 2.05) is 37.3 Å². The van der Waals surface area contributed by atoms with Crippen molar-refractivity contribution in [1.82, 2.24) is 14.0 Å². The lowest BCUT2D eigenvalue weighted by atomic mass is 10.2. The second-order valence-electron chi connectivity index (χ2n) is 8.08. The Morgan fingerprint density at radius 2 is 1.84 bits per heavy atom. The minimum Gasteiger partial charge on any atom is -0.462 e. The molecule has 1 aromatic carbocycles. The van der Waals surface area contributed by atoms with Crippen molar-refractivity contribution in [3.05, 3.63) is 93.8 Å². The third-order valence-corrected chi connectivity index (χ3v) is 5.59. The lowest BCUT2D eigenvalue weighted by Gasteiger charge is -2.15. The van der Waals surface area contributed by atoms with Crippen LogP contribution in [0.4, 0.5) is 0 Å². The number of aryl methyl sites for hydroxylation is 1. The summed E-state index contributed by atoms with van der Waals surface area (Å²) in [4.78, 5) is 48.3. The number of esters is 1. The molecule has 4 aromatic rings. The number of carbonyl (C=O) groups excluding carboxylic acids is 2. The van der Waals surface area contributed by atoms with Gasteiger partial charge in [-0.15, -0.1) is 0 Å². The van der Waals surface area contributed by atoms with E-state index in [1.165, 1.54) is 16.5 Å². The number of pyridine rings is 2. The van der Waals surface area contributed by atoms with Gasteiger partial charge in [-0.2, -0.15) is 4.99 Å². The highest BCUT2D eigenvalue weighted by atomic mass is 16.5. The molecule has 37 heavy (non-hydrogen) atoms. The molecule has 3 aromatic heterocycles. The highest BCUT2D eigenvalue weighted by Gasteiger charge is 2.19. The molecule has 4 rings (SSSR count). The number of benzene rings is 1. The molecule has 0 aliphatic rings. The van der Waals surface area contributed by atoms with E-state index in [4.69, 9.17) is 9.47 Å². The van der Waals surface area contributed by atoms with Crippen molar-refractivity contribution in [2.24, 2.45) is 4.99 Å². The third-order valence-electron chi connectivity index (χ3n) is 5.59. The summed E-state index contributed by atoms with van der Waals surface area (Å²) in [6, 6.07) is 16.0. The van der Waals surface area contributed by atoms with Gasteiger partial charge in [-0.25, -0.2) is 9.78 Å². The maximum Gasteiger partial charge on any atom is 0.341 e. The Morgan fingerprint density at radius 3 is 2.59 bits per heavy atom. The first kappa shape index (κ1) is 25.7. The molecule has 9 nitrogen and oxygen atoms in total. The van der Waals surface area contributed by atoms with Crippen molar-refractivity contribution in [1.29, 1.82) is 0 Å². The van der Waals surface area contributed by atoms with Crippen LogP contribution in [0.1, 0.15) is 36.2 Å². The van der Waals surface area contributed by atoms with Crippen molar-refractivity contribution in [3.63, 3.8) is 0 Å². The lowest BCUT2D eigenvalue weighted by Crippen LogP contribution is -2.33. The maximum atomic E-state index is 13.4. The molecule has 0 fully saturated rings. The summed E-state index contributed by atoms with van der Waals surface area (Å²) >= 11 is 0. The van der Waals surface area contributed by atoms with Crippen LogP contribution in [0.3, 0.4) is 0 Å². The number of rotatable bonds is 9. The van der Waals surface area contributed by atoms with Gasteiger partial charge in [0.25, 0.3) is 11.5 Å². The van der Waals surface area contributed by atoms with E-state index in [-0.39, 0.29) is 28.6 Å². The van der Waals surface area contributed by atoms with Crippen LogP contribution in [0.2, 0.25) is 0 Å². The van der Waals surface area contributed by atoms with Crippen LogP contribution < -0.4 is 11.0 Å². The van der Waals surface area contributed by atoms with E-state index in [1.54, 1.807) is 42.0 Å². The first-order chi connectivity index (χ1) is 18.0. The number of carbonyl (C=O) groups is 2. The molecule has 0 saturated heterocycles. The first-order valence-electron chi connectivity index (χ1n) is 12.1. The fraction of sp³-hybridized carbons (Fsp3) is 0.250. The van der Waals surface area contributed by atoms with E-state index in [0.29, 0.717) is 37.5 Å². The van der Waals surface area contributed by atoms with E-state index in [2.05, 4.69) is 9.98 Å². The van der Waals surface area contributed by atoms with Gasteiger partial charge in [-0.3, -0.25) is 14.0 Å². The summed E-state index contributed by atoms with van der Waals surface area (Å²) < 4.78 is 13.8. The monoisotopic (exact) mass is 500 g/mol. The molecule has 0 radical (unpaired) electrons. The highest BCUT2D eigenvalue weighted by Crippen LogP contribution is 2.12. The van der Waals surface area contributed by atoms with Gasteiger partial charge in [-0.05, 0) is 50.1 Å². The summed E-state index contributed by atoms with van der Waals surface area (Å²) in [5.41, 5.74) is 1.34. The summed E-state index contributed by atoms with van der Waals surface area (Å²) in [6.07, 6.45) is 5.15. The van der Waals surface area contributed by atoms with Gasteiger partial charge in [0.15, 0.2) is 5.49 Å². The van der Waals surface area contributed by atoms with Crippen molar-refractivity contribution in [2.75, 3.05) is 19.8 Å². The van der Waals surface area contributed by atoms with Crippen molar-refractivity contribution in [2.45, 2.75) is 26.8 Å². The molecule has 3 heterocycles. The predicted octanol–water partition coefficient (Wildman–Crippen LogP) is 3.39. The lowest BCUT2D eigenvalue weighted by molar-refractivity contribution is -0.113. The molecule has 0 aliphatic carbocycles. The molecular weight excluding hydrogens is 472 g/mol. The van der Waals surface area contributed by atoms with Crippen molar-refractivity contribution < 1.29 is 19.1 Å². The third kappa shape index (κ3) is 5.90. The zero-order chi connectivity index (χ0) is 26.2.